The van der Waals surface area contributed by atoms with Crippen molar-refractivity contribution in [2.45, 2.75) is 58.5 Å². The van der Waals surface area contributed by atoms with E-state index >= 15 is 0 Å². The average Bonchev–Trinajstić information content (AvgIpc) is 2.93. The van der Waals surface area contributed by atoms with Gasteiger partial charge >= 0.3 is 0 Å². The van der Waals surface area contributed by atoms with Gasteiger partial charge in [-0.25, -0.2) is 8.78 Å². The highest BCUT2D eigenvalue weighted by atomic mass is 19.2. The molecule has 1 aromatic carbocycles. The zero-order valence-electron chi connectivity index (χ0n) is 18.1. The summed E-state index contributed by atoms with van der Waals surface area (Å²) < 4.78 is 26.7. The Bertz CT molecular complexity index is 754. The third kappa shape index (κ3) is 5.36. The largest absolute Gasteiger partial charge is 0.343 e. The maximum atomic E-state index is 13.5. The van der Waals surface area contributed by atoms with Gasteiger partial charge in [-0.2, -0.15) is 0 Å². The van der Waals surface area contributed by atoms with E-state index in [-0.39, 0.29) is 23.8 Å². The number of rotatable bonds is 6. The van der Waals surface area contributed by atoms with Gasteiger partial charge in [0.2, 0.25) is 11.8 Å². The molecule has 0 spiro atoms. The molecule has 2 atom stereocenters. The Morgan fingerprint density at radius 1 is 1.10 bits per heavy atom. The number of halogens is 2. The minimum absolute atomic E-state index is 0.0379. The van der Waals surface area contributed by atoms with Crippen molar-refractivity contribution in [3.63, 3.8) is 0 Å². The molecule has 5 nitrogen and oxygen atoms in total. The summed E-state index contributed by atoms with van der Waals surface area (Å²) in [5.74, 6) is -1.43. The first-order valence-corrected chi connectivity index (χ1v) is 11.2. The van der Waals surface area contributed by atoms with Crippen LogP contribution in [0.1, 0.15) is 51.5 Å². The van der Waals surface area contributed by atoms with Gasteiger partial charge in [-0.15, -0.1) is 0 Å². The molecule has 2 fully saturated rings. The first-order chi connectivity index (χ1) is 14.4. The number of likely N-dealkylation sites (tertiary alicyclic amines) is 2. The highest BCUT2D eigenvalue weighted by molar-refractivity contribution is 5.79. The number of carbonyl (C=O) groups excluding carboxylic acids is 2. The van der Waals surface area contributed by atoms with Gasteiger partial charge in [0.1, 0.15) is 0 Å². The van der Waals surface area contributed by atoms with Crippen LogP contribution in [0.2, 0.25) is 0 Å². The molecular weight excluding hydrogens is 388 g/mol. The second-order valence-electron chi connectivity index (χ2n) is 8.39. The van der Waals surface area contributed by atoms with Crippen molar-refractivity contribution >= 4 is 11.8 Å². The Morgan fingerprint density at radius 2 is 1.87 bits per heavy atom. The maximum absolute atomic E-state index is 13.5. The van der Waals surface area contributed by atoms with Crippen LogP contribution in [0.15, 0.2) is 18.2 Å². The summed E-state index contributed by atoms with van der Waals surface area (Å²) in [6, 6.07) is 4.08. The highest BCUT2D eigenvalue weighted by Gasteiger charge is 2.33. The fraction of sp³-hybridized carbons (Fsp3) is 0.652. The number of piperidine rings is 1. The van der Waals surface area contributed by atoms with Crippen LogP contribution in [-0.4, -0.2) is 65.3 Å². The van der Waals surface area contributed by atoms with Gasteiger partial charge in [-0.05, 0) is 63.8 Å². The molecular formula is C23H33F2N3O2. The molecule has 1 aromatic rings. The molecule has 2 aliphatic rings. The van der Waals surface area contributed by atoms with E-state index in [1.807, 2.05) is 18.7 Å². The lowest BCUT2D eigenvalue weighted by Crippen LogP contribution is -2.48. The summed E-state index contributed by atoms with van der Waals surface area (Å²) in [7, 11) is 0. The predicted octanol–water partition coefficient (Wildman–Crippen LogP) is 3.43. The van der Waals surface area contributed by atoms with Gasteiger partial charge in [-0.3, -0.25) is 14.5 Å². The van der Waals surface area contributed by atoms with Crippen LogP contribution in [0, 0.1) is 17.6 Å². The summed E-state index contributed by atoms with van der Waals surface area (Å²) in [4.78, 5) is 31.5. The maximum Gasteiger partial charge on any atom is 0.226 e. The molecule has 2 unspecified atom stereocenters. The number of hydrogen-bond donors (Lipinski definition) is 0. The van der Waals surface area contributed by atoms with Crippen LogP contribution >= 0.6 is 0 Å². The fourth-order valence-electron chi connectivity index (χ4n) is 4.75. The van der Waals surface area contributed by atoms with Gasteiger partial charge in [-0.1, -0.05) is 6.07 Å². The summed E-state index contributed by atoms with van der Waals surface area (Å²) in [6.45, 7) is 8.12. The van der Waals surface area contributed by atoms with E-state index in [4.69, 9.17) is 0 Å². The SMILES string of the molecule is CCN(CC)C(=O)C1CCCN(C2CCC(=O)N(Cc3ccc(F)c(F)c3)CC2)C1. The van der Waals surface area contributed by atoms with E-state index in [0.717, 1.165) is 57.9 Å². The summed E-state index contributed by atoms with van der Waals surface area (Å²) >= 11 is 0. The van der Waals surface area contributed by atoms with E-state index in [9.17, 15) is 18.4 Å². The van der Waals surface area contributed by atoms with Crippen molar-refractivity contribution in [2.75, 3.05) is 32.7 Å². The molecule has 2 saturated heterocycles. The zero-order valence-corrected chi connectivity index (χ0v) is 18.1. The van der Waals surface area contributed by atoms with E-state index < -0.39 is 11.6 Å². The van der Waals surface area contributed by atoms with E-state index in [0.29, 0.717) is 25.1 Å². The van der Waals surface area contributed by atoms with Crippen LogP contribution in [0.4, 0.5) is 8.78 Å². The number of carbonyl (C=O) groups is 2. The van der Waals surface area contributed by atoms with Crippen molar-refractivity contribution in [3.05, 3.63) is 35.4 Å². The first-order valence-electron chi connectivity index (χ1n) is 11.2. The number of nitrogens with zero attached hydrogens (tertiary/aromatic N) is 3. The third-order valence-electron chi connectivity index (χ3n) is 6.53. The normalized spacial score (nSPS) is 23.3. The Balaban J connectivity index is 1.60. The van der Waals surface area contributed by atoms with Crippen LogP contribution in [0.5, 0.6) is 0 Å². The zero-order chi connectivity index (χ0) is 21.7. The minimum Gasteiger partial charge on any atom is -0.343 e. The summed E-state index contributed by atoms with van der Waals surface area (Å²) in [5.41, 5.74) is 0.601. The lowest BCUT2D eigenvalue weighted by Gasteiger charge is -2.38. The van der Waals surface area contributed by atoms with Gasteiger partial charge in [0, 0.05) is 45.2 Å². The Morgan fingerprint density at radius 3 is 2.57 bits per heavy atom. The average molecular weight is 422 g/mol. The molecule has 166 valence electrons. The molecule has 7 heteroatoms. The smallest absolute Gasteiger partial charge is 0.226 e. The highest BCUT2D eigenvalue weighted by Crippen LogP contribution is 2.26. The Kier molecular flexibility index (Phi) is 7.81. The Labute approximate surface area is 178 Å². The van der Waals surface area contributed by atoms with Crippen LogP contribution in [0.25, 0.3) is 0 Å². The minimum atomic E-state index is -0.884. The topological polar surface area (TPSA) is 43.9 Å². The van der Waals surface area contributed by atoms with Crippen molar-refractivity contribution in [1.82, 2.24) is 14.7 Å². The van der Waals surface area contributed by atoms with Gasteiger partial charge in [0.25, 0.3) is 0 Å². The molecule has 2 heterocycles. The van der Waals surface area contributed by atoms with E-state index in [2.05, 4.69) is 4.90 Å². The van der Waals surface area contributed by atoms with E-state index in [1.165, 1.54) is 12.1 Å². The molecule has 0 N–H and O–H groups in total. The number of benzene rings is 1. The molecule has 0 aliphatic carbocycles. The van der Waals surface area contributed by atoms with Crippen LogP contribution in [0.3, 0.4) is 0 Å². The summed E-state index contributed by atoms with van der Waals surface area (Å²) in [6.07, 6.45) is 3.99. The van der Waals surface area contributed by atoms with E-state index in [1.54, 1.807) is 4.90 Å². The number of amides is 2. The first kappa shape index (κ1) is 22.7. The molecule has 3 rings (SSSR count). The monoisotopic (exact) mass is 421 g/mol. The van der Waals surface area contributed by atoms with Crippen LogP contribution in [-0.2, 0) is 16.1 Å². The molecule has 0 saturated carbocycles. The molecule has 0 aromatic heterocycles. The predicted molar refractivity (Wildman–Crippen MR) is 112 cm³/mol. The molecule has 2 aliphatic heterocycles. The lowest BCUT2D eigenvalue weighted by atomic mass is 9.93. The van der Waals surface area contributed by atoms with Crippen molar-refractivity contribution < 1.29 is 18.4 Å². The lowest BCUT2D eigenvalue weighted by molar-refractivity contribution is -0.137. The quantitative estimate of drug-likeness (QED) is 0.707. The summed E-state index contributed by atoms with van der Waals surface area (Å²) in [5, 5.41) is 0. The van der Waals surface area contributed by atoms with Gasteiger partial charge < -0.3 is 9.80 Å². The molecule has 0 radical (unpaired) electrons. The Hall–Kier alpha value is -2.02. The molecule has 2 amide bonds. The van der Waals surface area contributed by atoms with Gasteiger partial charge in [0.15, 0.2) is 11.6 Å². The van der Waals surface area contributed by atoms with Crippen LogP contribution < -0.4 is 0 Å². The van der Waals surface area contributed by atoms with Crippen molar-refractivity contribution in [2.24, 2.45) is 5.92 Å². The standard InChI is InChI=1S/C23H33F2N3O2/c1-3-26(4-2)23(30)18-6-5-12-27(16-18)19-8-10-22(29)28(13-11-19)15-17-7-9-20(24)21(25)14-17/h7,9,14,18-19H,3-6,8,10-13,15-16H2,1-2H3. The van der Waals surface area contributed by atoms with Gasteiger partial charge in [0.05, 0.1) is 5.92 Å². The third-order valence-corrected chi connectivity index (χ3v) is 6.53. The second-order valence-corrected chi connectivity index (χ2v) is 8.39. The molecule has 30 heavy (non-hydrogen) atoms. The molecule has 0 bridgehead atoms. The van der Waals surface area contributed by atoms with Crippen molar-refractivity contribution in [1.29, 1.82) is 0 Å². The second kappa shape index (κ2) is 10.3. The van der Waals surface area contributed by atoms with Crippen molar-refractivity contribution in [3.8, 4) is 0 Å². The number of hydrogen-bond acceptors (Lipinski definition) is 3. The fourth-order valence-corrected chi connectivity index (χ4v) is 4.75.